The molecule has 2 aliphatic rings. The van der Waals surface area contributed by atoms with E-state index in [9.17, 15) is 0 Å². The van der Waals surface area contributed by atoms with Gasteiger partial charge in [-0.1, -0.05) is 30.3 Å². The van der Waals surface area contributed by atoms with Crippen LogP contribution in [0.3, 0.4) is 0 Å². The molecule has 2 heterocycles. The zero-order valence-electron chi connectivity index (χ0n) is 9.43. The number of fused-ring (bicyclic) bond motifs is 2. The van der Waals surface area contributed by atoms with Crippen molar-refractivity contribution in [2.75, 3.05) is 26.3 Å². The average molecular weight is 218 g/mol. The van der Waals surface area contributed by atoms with Crippen LogP contribution in [0, 0.1) is 0 Å². The molecule has 1 aromatic carbocycles. The summed E-state index contributed by atoms with van der Waals surface area (Å²) in [4.78, 5) is 2.59. The Morgan fingerprint density at radius 3 is 2.50 bits per heavy atom. The number of hydrogen-bond acceptors (Lipinski definition) is 3. The van der Waals surface area contributed by atoms with Crippen LogP contribution in [0.1, 0.15) is 5.56 Å². The first-order valence-corrected chi connectivity index (χ1v) is 6.01. The van der Waals surface area contributed by atoms with Crippen LogP contribution in [0.5, 0.6) is 0 Å². The Hall–Kier alpha value is -0.900. The number of ether oxygens (including phenoxy) is 1. The van der Waals surface area contributed by atoms with Gasteiger partial charge in [-0.25, -0.2) is 0 Å². The minimum absolute atomic E-state index is 0.549. The van der Waals surface area contributed by atoms with Crippen LogP contribution < -0.4 is 5.32 Å². The fraction of sp³-hybridized carbons (Fsp3) is 0.538. The topological polar surface area (TPSA) is 24.5 Å². The predicted molar refractivity (Wildman–Crippen MR) is 63.2 cm³/mol. The van der Waals surface area contributed by atoms with Crippen molar-refractivity contribution in [3.63, 3.8) is 0 Å². The van der Waals surface area contributed by atoms with E-state index in [0.29, 0.717) is 12.1 Å². The van der Waals surface area contributed by atoms with Crippen LogP contribution in [-0.4, -0.2) is 43.3 Å². The Labute approximate surface area is 96.4 Å². The van der Waals surface area contributed by atoms with Crippen LogP contribution in [0.25, 0.3) is 0 Å². The van der Waals surface area contributed by atoms with Gasteiger partial charge < -0.3 is 10.1 Å². The van der Waals surface area contributed by atoms with Gasteiger partial charge in [0.05, 0.1) is 13.2 Å². The number of nitrogens with zero attached hydrogens (tertiary/aromatic N) is 1. The van der Waals surface area contributed by atoms with Crippen molar-refractivity contribution in [3.8, 4) is 0 Å². The lowest BCUT2D eigenvalue weighted by Crippen LogP contribution is -2.63. The first-order valence-electron chi connectivity index (χ1n) is 6.01. The van der Waals surface area contributed by atoms with Crippen LogP contribution in [-0.2, 0) is 11.3 Å². The molecule has 0 saturated carbocycles. The molecule has 0 aliphatic carbocycles. The highest BCUT2D eigenvalue weighted by Crippen LogP contribution is 2.19. The molecule has 0 radical (unpaired) electrons. The van der Waals surface area contributed by atoms with Gasteiger partial charge in [0.2, 0.25) is 0 Å². The summed E-state index contributed by atoms with van der Waals surface area (Å²) in [6.07, 6.45) is 0. The van der Waals surface area contributed by atoms with Gasteiger partial charge in [0.25, 0.3) is 0 Å². The lowest BCUT2D eigenvalue weighted by molar-refractivity contribution is -0.0689. The van der Waals surface area contributed by atoms with E-state index >= 15 is 0 Å². The van der Waals surface area contributed by atoms with Gasteiger partial charge in [0, 0.05) is 31.7 Å². The second-order valence-corrected chi connectivity index (χ2v) is 4.66. The van der Waals surface area contributed by atoms with Gasteiger partial charge in [-0.15, -0.1) is 0 Å². The predicted octanol–water partition coefficient (Wildman–Crippen LogP) is 0.859. The van der Waals surface area contributed by atoms with Gasteiger partial charge in [0.1, 0.15) is 0 Å². The molecule has 3 nitrogen and oxygen atoms in total. The summed E-state index contributed by atoms with van der Waals surface area (Å²) in [5, 5.41) is 3.48. The zero-order chi connectivity index (χ0) is 10.8. The Morgan fingerprint density at radius 2 is 1.81 bits per heavy atom. The van der Waals surface area contributed by atoms with Gasteiger partial charge in [-0.2, -0.15) is 0 Å². The van der Waals surface area contributed by atoms with E-state index in [1.807, 2.05) is 0 Å². The maximum atomic E-state index is 5.62. The molecule has 2 bridgehead atoms. The molecule has 1 aromatic rings. The van der Waals surface area contributed by atoms with E-state index in [-0.39, 0.29) is 0 Å². The second-order valence-electron chi connectivity index (χ2n) is 4.66. The fourth-order valence-corrected chi connectivity index (χ4v) is 2.65. The maximum absolute atomic E-state index is 5.62. The monoisotopic (exact) mass is 218 g/mol. The van der Waals surface area contributed by atoms with E-state index in [2.05, 4.69) is 40.5 Å². The summed E-state index contributed by atoms with van der Waals surface area (Å²) in [5.74, 6) is 0. The quantitative estimate of drug-likeness (QED) is 0.797. The first-order chi connectivity index (χ1) is 7.93. The highest BCUT2D eigenvalue weighted by Gasteiger charge is 2.34. The number of hydrogen-bond donors (Lipinski definition) is 1. The van der Waals surface area contributed by atoms with E-state index < -0.39 is 0 Å². The van der Waals surface area contributed by atoms with E-state index in [4.69, 9.17) is 4.74 Å². The van der Waals surface area contributed by atoms with Crippen molar-refractivity contribution in [2.45, 2.75) is 18.6 Å². The molecule has 2 atom stereocenters. The number of nitrogens with one attached hydrogen (secondary N) is 1. The van der Waals surface area contributed by atoms with Crippen molar-refractivity contribution < 1.29 is 4.74 Å². The molecule has 2 fully saturated rings. The van der Waals surface area contributed by atoms with Crippen LogP contribution >= 0.6 is 0 Å². The molecule has 2 unspecified atom stereocenters. The minimum Gasteiger partial charge on any atom is -0.378 e. The van der Waals surface area contributed by atoms with E-state index in [1.165, 1.54) is 5.56 Å². The zero-order valence-corrected chi connectivity index (χ0v) is 9.43. The maximum Gasteiger partial charge on any atom is 0.0635 e. The summed E-state index contributed by atoms with van der Waals surface area (Å²) in [7, 11) is 0. The Morgan fingerprint density at radius 1 is 1.12 bits per heavy atom. The SMILES string of the molecule is c1ccc(CN2C3CNCC2COC3)cc1. The molecular weight excluding hydrogens is 200 g/mol. The van der Waals surface area contributed by atoms with Gasteiger partial charge in [0.15, 0.2) is 0 Å². The fourth-order valence-electron chi connectivity index (χ4n) is 2.65. The average Bonchev–Trinajstić information content (AvgIpc) is 2.30. The Balaban J connectivity index is 1.74. The number of morpholine rings is 1. The minimum atomic E-state index is 0.549. The smallest absolute Gasteiger partial charge is 0.0635 e. The summed E-state index contributed by atoms with van der Waals surface area (Å²) in [6, 6.07) is 11.8. The molecule has 0 spiro atoms. The highest BCUT2D eigenvalue weighted by molar-refractivity contribution is 5.15. The van der Waals surface area contributed by atoms with Crippen molar-refractivity contribution in [3.05, 3.63) is 35.9 Å². The molecule has 3 rings (SSSR count). The summed E-state index contributed by atoms with van der Waals surface area (Å²) < 4.78 is 5.62. The second kappa shape index (κ2) is 4.53. The molecule has 2 saturated heterocycles. The summed E-state index contributed by atoms with van der Waals surface area (Å²) in [6.45, 7) is 4.92. The molecule has 86 valence electrons. The van der Waals surface area contributed by atoms with E-state index in [0.717, 1.165) is 32.8 Å². The molecular formula is C13H18N2O. The molecule has 3 heteroatoms. The van der Waals surface area contributed by atoms with Crippen molar-refractivity contribution >= 4 is 0 Å². The molecule has 0 aromatic heterocycles. The molecule has 1 N–H and O–H groups in total. The molecule has 0 amide bonds. The van der Waals surface area contributed by atoms with Crippen LogP contribution in [0.4, 0.5) is 0 Å². The largest absolute Gasteiger partial charge is 0.378 e. The van der Waals surface area contributed by atoms with Crippen LogP contribution in [0.15, 0.2) is 30.3 Å². The van der Waals surface area contributed by atoms with Crippen LogP contribution in [0.2, 0.25) is 0 Å². The standard InChI is InChI=1S/C13H18N2O/c1-2-4-11(5-3-1)8-15-12-6-14-7-13(15)10-16-9-12/h1-5,12-14H,6-10H2. The Kier molecular flexibility index (Phi) is 2.91. The third-order valence-electron chi connectivity index (χ3n) is 3.53. The first kappa shape index (κ1) is 10.3. The summed E-state index contributed by atoms with van der Waals surface area (Å²) in [5.41, 5.74) is 1.40. The van der Waals surface area contributed by atoms with Gasteiger partial charge >= 0.3 is 0 Å². The van der Waals surface area contributed by atoms with E-state index in [1.54, 1.807) is 0 Å². The highest BCUT2D eigenvalue weighted by atomic mass is 16.5. The van der Waals surface area contributed by atoms with Crippen molar-refractivity contribution in [1.29, 1.82) is 0 Å². The lowest BCUT2D eigenvalue weighted by atomic mass is 10.0. The summed E-state index contributed by atoms with van der Waals surface area (Å²) >= 11 is 0. The van der Waals surface area contributed by atoms with Crippen molar-refractivity contribution in [2.24, 2.45) is 0 Å². The third kappa shape index (κ3) is 1.98. The Bertz CT molecular complexity index is 319. The third-order valence-corrected chi connectivity index (χ3v) is 3.53. The molecule has 2 aliphatic heterocycles. The lowest BCUT2D eigenvalue weighted by Gasteiger charge is -2.46. The number of piperazine rings is 1. The normalized spacial score (nSPS) is 30.2. The number of benzene rings is 1. The van der Waals surface area contributed by atoms with Gasteiger partial charge in [-0.05, 0) is 5.56 Å². The van der Waals surface area contributed by atoms with Gasteiger partial charge in [-0.3, -0.25) is 4.90 Å². The van der Waals surface area contributed by atoms with Crippen molar-refractivity contribution in [1.82, 2.24) is 10.2 Å². The number of rotatable bonds is 2. The molecule has 16 heavy (non-hydrogen) atoms.